The molecule has 6 nitrogen and oxygen atoms in total. The molecule has 0 spiro atoms. The third-order valence-electron chi connectivity index (χ3n) is 6.12. The third-order valence-corrected chi connectivity index (χ3v) is 7.16. The van der Waals surface area contributed by atoms with Gasteiger partial charge in [-0.2, -0.15) is 0 Å². The number of aromatic amines is 1. The topological polar surface area (TPSA) is 72.5 Å². The van der Waals surface area contributed by atoms with Crippen molar-refractivity contribution < 1.29 is 5.11 Å². The second-order valence-electron chi connectivity index (χ2n) is 8.33. The Kier molecular flexibility index (Phi) is 6.11. The maximum atomic E-state index is 12.9. The largest absolute Gasteiger partial charge is 0.508 e. The van der Waals surface area contributed by atoms with E-state index in [2.05, 4.69) is 35.6 Å². The summed E-state index contributed by atoms with van der Waals surface area (Å²) < 4.78 is 0. The van der Waals surface area contributed by atoms with Crippen LogP contribution in [-0.2, 0) is 13.0 Å². The van der Waals surface area contributed by atoms with E-state index in [0.29, 0.717) is 18.2 Å². The van der Waals surface area contributed by atoms with Crippen molar-refractivity contribution in [3.63, 3.8) is 0 Å². The molecule has 0 saturated carbocycles. The molecule has 0 aliphatic carbocycles. The number of piperazine rings is 1. The van der Waals surface area contributed by atoms with Gasteiger partial charge in [0, 0.05) is 36.7 Å². The molecule has 0 unspecified atom stereocenters. The van der Waals surface area contributed by atoms with Crippen LogP contribution in [0.15, 0.2) is 29.1 Å². The highest BCUT2D eigenvalue weighted by Gasteiger charge is 2.20. The minimum atomic E-state index is 0.000354. The molecule has 2 aromatic heterocycles. The number of phenolic OH excluding ortho intramolecular Hbond substituents is 1. The molecule has 1 saturated heterocycles. The van der Waals surface area contributed by atoms with Crippen LogP contribution in [0.25, 0.3) is 10.2 Å². The molecule has 1 atom stereocenters. The first-order chi connectivity index (χ1) is 14.4. The Morgan fingerprint density at radius 3 is 2.57 bits per heavy atom. The highest BCUT2D eigenvalue weighted by atomic mass is 32.1. The number of nitrogens with zero attached hydrogens (tertiary/aromatic N) is 3. The SMILES string of the molecule is CC[C@H](C)Cc1c(C)sc2nc(CN3CCN(c4ccc(O)cc4)CC3)[nH]c(=O)c12. The summed E-state index contributed by atoms with van der Waals surface area (Å²) in [5.41, 5.74) is 2.30. The average Bonchev–Trinajstić information content (AvgIpc) is 3.04. The molecule has 7 heteroatoms. The first-order valence-corrected chi connectivity index (χ1v) is 11.5. The Morgan fingerprint density at radius 1 is 1.20 bits per heavy atom. The molecule has 1 aliphatic heterocycles. The van der Waals surface area contributed by atoms with Gasteiger partial charge in [0.15, 0.2) is 0 Å². The number of aromatic nitrogens is 2. The van der Waals surface area contributed by atoms with Gasteiger partial charge in [0.2, 0.25) is 0 Å². The third kappa shape index (κ3) is 4.37. The number of benzene rings is 1. The molecule has 4 rings (SSSR count). The molecule has 3 aromatic rings. The molecule has 1 aromatic carbocycles. The quantitative estimate of drug-likeness (QED) is 0.625. The summed E-state index contributed by atoms with van der Waals surface area (Å²) in [7, 11) is 0. The minimum Gasteiger partial charge on any atom is -0.508 e. The van der Waals surface area contributed by atoms with E-state index in [-0.39, 0.29) is 5.56 Å². The van der Waals surface area contributed by atoms with E-state index in [1.165, 1.54) is 10.4 Å². The van der Waals surface area contributed by atoms with Crippen LogP contribution in [0, 0.1) is 12.8 Å². The number of thiophene rings is 1. The highest BCUT2D eigenvalue weighted by Crippen LogP contribution is 2.29. The fraction of sp³-hybridized carbons (Fsp3) is 0.478. The first kappa shape index (κ1) is 20.9. The summed E-state index contributed by atoms with van der Waals surface area (Å²) >= 11 is 1.64. The number of fused-ring (bicyclic) bond motifs is 1. The highest BCUT2D eigenvalue weighted by molar-refractivity contribution is 7.18. The smallest absolute Gasteiger partial charge is 0.259 e. The van der Waals surface area contributed by atoms with Crippen LogP contribution in [0.4, 0.5) is 5.69 Å². The lowest BCUT2D eigenvalue weighted by molar-refractivity contribution is 0.244. The van der Waals surface area contributed by atoms with Crippen molar-refractivity contribution in [3.8, 4) is 5.75 Å². The van der Waals surface area contributed by atoms with E-state index in [9.17, 15) is 9.90 Å². The lowest BCUT2D eigenvalue weighted by Crippen LogP contribution is -2.46. The zero-order valence-electron chi connectivity index (χ0n) is 17.9. The van der Waals surface area contributed by atoms with Gasteiger partial charge in [-0.05, 0) is 49.1 Å². The number of anilines is 1. The van der Waals surface area contributed by atoms with Crippen LogP contribution in [0.5, 0.6) is 5.75 Å². The number of nitrogens with one attached hydrogen (secondary N) is 1. The molecule has 30 heavy (non-hydrogen) atoms. The van der Waals surface area contributed by atoms with Crippen molar-refractivity contribution in [2.75, 3.05) is 31.1 Å². The molecule has 1 fully saturated rings. The summed E-state index contributed by atoms with van der Waals surface area (Å²) in [5, 5.41) is 10.3. The van der Waals surface area contributed by atoms with Gasteiger partial charge < -0.3 is 15.0 Å². The predicted molar refractivity (Wildman–Crippen MR) is 124 cm³/mol. The van der Waals surface area contributed by atoms with Gasteiger partial charge in [-0.15, -0.1) is 11.3 Å². The van der Waals surface area contributed by atoms with Gasteiger partial charge in [0.05, 0.1) is 11.9 Å². The zero-order valence-corrected chi connectivity index (χ0v) is 18.8. The van der Waals surface area contributed by atoms with Crippen LogP contribution < -0.4 is 10.5 Å². The summed E-state index contributed by atoms with van der Waals surface area (Å²) in [6.45, 7) is 10.8. The minimum absolute atomic E-state index is 0.000354. The Balaban J connectivity index is 1.46. The van der Waals surface area contributed by atoms with Gasteiger partial charge in [0.25, 0.3) is 5.56 Å². The van der Waals surface area contributed by atoms with E-state index in [4.69, 9.17) is 4.98 Å². The van der Waals surface area contributed by atoms with Crippen LogP contribution >= 0.6 is 11.3 Å². The molecule has 2 N–H and O–H groups in total. The van der Waals surface area contributed by atoms with E-state index >= 15 is 0 Å². The standard InChI is InChI=1S/C23H30N4O2S/c1-4-15(2)13-19-16(3)30-23-21(19)22(29)24-20(25-23)14-26-9-11-27(12-10-26)17-5-7-18(28)8-6-17/h5-8,15,28H,4,9-14H2,1-3H3,(H,24,25,29)/t15-/m0/s1. The fourth-order valence-corrected chi connectivity index (χ4v) is 5.15. The zero-order chi connectivity index (χ0) is 21.3. The predicted octanol–water partition coefficient (Wildman–Crippen LogP) is 3.91. The van der Waals surface area contributed by atoms with E-state index < -0.39 is 0 Å². The molecular formula is C23H30N4O2S. The normalized spacial score (nSPS) is 16.3. The van der Waals surface area contributed by atoms with E-state index in [1.807, 2.05) is 12.1 Å². The number of phenols is 1. The number of rotatable bonds is 6. The van der Waals surface area contributed by atoms with Gasteiger partial charge in [-0.25, -0.2) is 4.98 Å². The van der Waals surface area contributed by atoms with Crippen molar-refractivity contribution in [2.24, 2.45) is 5.92 Å². The second-order valence-corrected chi connectivity index (χ2v) is 9.53. The van der Waals surface area contributed by atoms with Crippen molar-refractivity contribution in [3.05, 3.63) is 50.9 Å². The van der Waals surface area contributed by atoms with Crippen LogP contribution in [0.3, 0.4) is 0 Å². The molecule has 160 valence electrons. The maximum Gasteiger partial charge on any atom is 0.259 e. The van der Waals surface area contributed by atoms with Crippen molar-refractivity contribution >= 4 is 27.2 Å². The van der Waals surface area contributed by atoms with Gasteiger partial charge in [-0.3, -0.25) is 9.69 Å². The summed E-state index contributed by atoms with van der Waals surface area (Å²) in [4.78, 5) is 27.5. The van der Waals surface area contributed by atoms with Gasteiger partial charge >= 0.3 is 0 Å². The van der Waals surface area contributed by atoms with Gasteiger partial charge in [-0.1, -0.05) is 20.3 Å². The first-order valence-electron chi connectivity index (χ1n) is 10.7. The summed E-state index contributed by atoms with van der Waals surface area (Å²) in [6.07, 6.45) is 2.04. The molecule has 0 bridgehead atoms. The Hall–Kier alpha value is -2.38. The molecule has 0 radical (unpaired) electrons. The monoisotopic (exact) mass is 426 g/mol. The lowest BCUT2D eigenvalue weighted by Gasteiger charge is -2.35. The second kappa shape index (κ2) is 8.78. The maximum absolute atomic E-state index is 12.9. The van der Waals surface area contributed by atoms with E-state index in [0.717, 1.165) is 60.7 Å². The van der Waals surface area contributed by atoms with Crippen LogP contribution in [0.1, 0.15) is 36.5 Å². The molecule has 1 aliphatic rings. The van der Waals surface area contributed by atoms with E-state index in [1.54, 1.807) is 23.5 Å². The Labute approximate surface area is 181 Å². The lowest BCUT2D eigenvalue weighted by atomic mass is 9.98. The van der Waals surface area contributed by atoms with Crippen LogP contribution in [0.2, 0.25) is 0 Å². The number of aryl methyl sites for hydroxylation is 1. The fourth-order valence-electron chi connectivity index (χ4n) is 4.07. The number of aromatic hydroxyl groups is 1. The number of hydrogen-bond acceptors (Lipinski definition) is 6. The summed E-state index contributed by atoms with van der Waals surface area (Å²) in [6, 6.07) is 7.36. The molecule has 3 heterocycles. The summed E-state index contributed by atoms with van der Waals surface area (Å²) in [5.74, 6) is 1.60. The van der Waals surface area contributed by atoms with Crippen molar-refractivity contribution in [2.45, 2.75) is 40.2 Å². The Morgan fingerprint density at radius 2 is 1.90 bits per heavy atom. The average molecular weight is 427 g/mol. The van der Waals surface area contributed by atoms with Crippen molar-refractivity contribution in [1.29, 1.82) is 0 Å². The number of hydrogen-bond donors (Lipinski definition) is 2. The number of H-pyrrole nitrogens is 1. The Bertz CT molecular complexity index is 1070. The van der Waals surface area contributed by atoms with Crippen molar-refractivity contribution in [1.82, 2.24) is 14.9 Å². The molecular weight excluding hydrogens is 396 g/mol. The van der Waals surface area contributed by atoms with Gasteiger partial charge in [0.1, 0.15) is 16.4 Å². The molecule has 0 amide bonds. The van der Waals surface area contributed by atoms with Crippen LogP contribution in [-0.4, -0.2) is 46.2 Å².